The number of ether oxygens (including phenoxy) is 2. The second kappa shape index (κ2) is 7.03. The fourth-order valence-electron chi connectivity index (χ4n) is 1.39. The lowest BCUT2D eigenvalue weighted by Gasteiger charge is -2.18. The molecule has 1 rings (SSSR count). The van der Waals surface area contributed by atoms with Crippen LogP contribution in [0.2, 0.25) is 0 Å². The third kappa shape index (κ3) is 4.97. The van der Waals surface area contributed by atoms with E-state index in [0.29, 0.717) is 19.7 Å². The summed E-state index contributed by atoms with van der Waals surface area (Å²) >= 11 is 0. The average molecular weight is 242 g/mol. The molecule has 1 aromatic rings. The van der Waals surface area contributed by atoms with E-state index < -0.39 is 0 Å². The molecule has 0 aliphatic heterocycles. The van der Waals surface area contributed by atoms with Gasteiger partial charge in [-0.1, -0.05) is 5.16 Å². The number of nitrogens with zero attached hydrogens (tertiary/aromatic N) is 2. The van der Waals surface area contributed by atoms with Gasteiger partial charge >= 0.3 is 5.97 Å². The highest BCUT2D eigenvalue weighted by Gasteiger charge is 2.13. The van der Waals surface area contributed by atoms with Crippen molar-refractivity contribution in [2.75, 3.05) is 33.9 Å². The zero-order chi connectivity index (χ0) is 12.7. The van der Waals surface area contributed by atoms with Gasteiger partial charge in [-0.05, 0) is 6.92 Å². The van der Waals surface area contributed by atoms with Crippen molar-refractivity contribution in [3.63, 3.8) is 0 Å². The SMILES string of the molecule is COCCN(CC(=O)OC)Cc1cc(C)no1. The van der Waals surface area contributed by atoms with Crippen LogP contribution >= 0.6 is 0 Å². The Morgan fingerprint density at radius 3 is 2.82 bits per heavy atom. The molecule has 0 saturated heterocycles. The average Bonchev–Trinajstić information content (AvgIpc) is 2.71. The Kier molecular flexibility index (Phi) is 5.65. The van der Waals surface area contributed by atoms with Crippen LogP contribution in [0.25, 0.3) is 0 Å². The molecule has 17 heavy (non-hydrogen) atoms. The van der Waals surface area contributed by atoms with Crippen molar-refractivity contribution in [1.29, 1.82) is 0 Å². The van der Waals surface area contributed by atoms with Crippen LogP contribution in [0.15, 0.2) is 10.6 Å². The lowest BCUT2D eigenvalue weighted by molar-refractivity contribution is -0.142. The first-order valence-electron chi connectivity index (χ1n) is 5.36. The van der Waals surface area contributed by atoms with Crippen molar-refractivity contribution in [3.8, 4) is 0 Å². The Bertz CT molecular complexity index is 351. The third-order valence-electron chi connectivity index (χ3n) is 2.25. The highest BCUT2D eigenvalue weighted by atomic mass is 16.5. The number of rotatable bonds is 7. The highest BCUT2D eigenvalue weighted by molar-refractivity contribution is 5.71. The van der Waals surface area contributed by atoms with Gasteiger partial charge in [0.05, 0.1) is 32.5 Å². The fraction of sp³-hybridized carbons (Fsp3) is 0.636. The molecule has 0 N–H and O–H groups in total. The summed E-state index contributed by atoms with van der Waals surface area (Å²) in [5.74, 6) is 0.444. The van der Waals surface area contributed by atoms with Crippen molar-refractivity contribution < 1.29 is 18.8 Å². The number of aryl methyl sites for hydroxylation is 1. The van der Waals surface area contributed by atoms with E-state index in [1.54, 1.807) is 7.11 Å². The summed E-state index contributed by atoms with van der Waals surface area (Å²) in [7, 11) is 2.99. The molecule has 1 aromatic heterocycles. The highest BCUT2D eigenvalue weighted by Crippen LogP contribution is 2.06. The predicted octanol–water partition coefficient (Wildman–Crippen LogP) is 0.604. The van der Waals surface area contributed by atoms with Gasteiger partial charge in [-0.3, -0.25) is 9.69 Å². The van der Waals surface area contributed by atoms with Crippen molar-refractivity contribution in [1.82, 2.24) is 10.1 Å². The number of aromatic nitrogens is 1. The Hall–Kier alpha value is -1.40. The van der Waals surface area contributed by atoms with Crippen molar-refractivity contribution in [2.24, 2.45) is 0 Å². The van der Waals surface area contributed by atoms with E-state index in [2.05, 4.69) is 9.89 Å². The Balaban J connectivity index is 2.53. The Morgan fingerprint density at radius 1 is 1.53 bits per heavy atom. The van der Waals surface area contributed by atoms with Gasteiger partial charge in [0, 0.05) is 19.7 Å². The first kappa shape index (κ1) is 13.7. The summed E-state index contributed by atoms with van der Waals surface area (Å²) in [6.45, 7) is 3.75. The maximum Gasteiger partial charge on any atom is 0.319 e. The monoisotopic (exact) mass is 242 g/mol. The molecule has 0 unspecified atom stereocenters. The van der Waals surface area contributed by atoms with Crippen LogP contribution in [0.3, 0.4) is 0 Å². The van der Waals surface area contributed by atoms with E-state index in [-0.39, 0.29) is 12.5 Å². The maximum atomic E-state index is 11.2. The number of hydrogen-bond donors (Lipinski definition) is 0. The second-order valence-corrected chi connectivity index (χ2v) is 3.71. The quantitative estimate of drug-likeness (QED) is 0.652. The topological polar surface area (TPSA) is 64.8 Å². The summed E-state index contributed by atoms with van der Waals surface area (Å²) in [6.07, 6.45) is 0. The number of hydrogen-bond acceptors (Lipinski definition) is 6. The molecule has 6 nitrogen and oxygen atoms in total. The summed E-state index contributed by atoms with van der Waals surface area (Å²) < 4.78 is 14.7. The van der Waals surface area contributed by atoms with Crippen LogP contribution in [0.5, 0.6) is 0 Å². The van der Waals surface area contributed by atoms with Gasteiger partial charge in [0.1, 0.15) is 0 Å². The van der Waals surface area contributed by atoms with Gasteiger partial charge in [0.2, 0.25) is 0 Å². The van der Waals surface area contributed by atoms with Gasteiger partial charge in [-0.15, -0.1) is 0 Å². The van der Waals surface area contributed by atoms with Crippen LogP contribution in [0.1, 0.15) is 11.5 Å². The van der Waals surface area contributed by atoms with Gasteiger partial charge < -0.3 is 14.0 Å². The molecule has 0 saturated carbocycles. The lowest BCUT2D eigenvalue weighted by atomic mass is 10.3. The van der Waals surface area contributed by atoms with Crippen molar-refractivity contribution >= 4 is 5.97 Å². The van der Waals surface area contributed by atoms with E-state index in [0.717, 1.165) is 11.5 Å². The molecule has 0 fully saturated rings. The van der Waals surface area contributed by atoms with E-state index >= 15 is 0 Å². The van der Waals surface area contributed by atoms with Crippen LogP contribution < -0.4 is 0 Å². The molecule has 0 atom stereocenters. The molecule has 0 amide bonds. The largest absolute Gasteiger partial charge is 0.468 e. The number of carbonyl (C=O) groups is 1. The summed E-state index contributed by atoms with van der Waals surface area (Å²) in [4.78, 5) is 13.1. The van der Waals surface area contributed by atoms with Gasteiger partial charge in [0.25, 0.3) is 0 Å². The molecular weight excluding hydrogens is 224 g/mol. The standard InChI is InChI=1S/C11H18N2O4/c1-9-6-10(17-12-9)7-13(4-5-15-2)8-11(14)16-3/h6H,4-5,7-8H2,1-3H3. The molecule has 0 aliphatic carbocycles. The Morgan fingerprint density at radius 2 is 2.29 bits per heavy atom. The zero-order valence-electron chi connectivity index (χ0n) is 10.4. The second-order valence-electron chi connectivity index (χ2n) is 3.71. The Labute approximate surface area is 100 Å². The number of carbonyl (C=O) groups excluding carboxylic acids is 1. The molecule has 0 aliphatic rings. The predicted molar refractivity (Wildman–Crippen MR) is 60.4 cm³/mol. The number of esters is 1. The van der Waals surface area contributed by atoms with Crippen molar-refractivity contribution in [3.05, 3.63) is 17.5 Å². The van der Waals surface area contributed by atoms with E-state index in [9.17, 15) is 4.79 Å². The molecule has 6 heteroatoms. The summed E-state index contributed by atoms with van der Waals surface area (Å²) in [5, 5.41) is 3.80. The lowest BCUT2D eigenvalue weighted by Crippen LogP contribution is -2.32. The molecule has 96 valence electrons. The molecule has 0 radical (unpaired) electrons. The third-order valence-corrected chi connectivity index (χ3v) is 2.25. The van der Waals surface area contributed by atoms with Crippen LogP contribution in [-0.2, 0) is 20.8 Å². The van der Waals surface area contributed by atoms with Crippen molar-refractivity contribution in [2.45, 2.75) is 13.5 Å². The molecule has 0 spiro atoms. The van der Waals surface area contributed by atoms with E-state index in [1.807, 2.05) is 17.9 Å². The van der Waals surface area contributed by atoms with Crippen LogP contribution in [0, 0.1) is 6.92 Å². The minimum atomic E-state index is -0.280. The van der Waals surface area contributed by atoms with Crippen LogP contribution in [0.4, 0.5) is 0 Å². The minimum absolute atomic E-state index is 0.208. The zero-order valence-corrected chi connectivity index (χ0v) is 10.4. The van der Waals surface area contributed by atoms with Gasteiger partial charge in [-0.25, -0.2) is 0 Å². The van der Waals surface area contributed by atoms with Gasteiger partial charge in [-0.2, -0.15) is 0 Å². The summed E-state index contributed by atoms with van der Waals surface area (Å²) in [6, 6.07) is 1.84. The smallest absolute Gasteiger partial charge is 0.319 e. The fourth-order valence-corrected chi connectivity index (χ4v) is 1.39. The molecule has 0 aromatic carbocycles. The van der Waals surface area contributed by atoms with Crippen LogP contribution in [-0.4, -0.2) is 49.9 Å². The van der Waals surface area contributed by atoms with E-state index in [1.165, 1.54) is 7.11 Å². The first-order chi connectivity index (χ1) is 8.15. The van der Waals surface area contributed by atoms with Gasteiger partial charge in [0.15, 0.2) is 5.76 Å². The molecule has 0 bridgehead atoms. The molecular formula is C11H18N2O4. The van der Waals surface area contributed by atoms with E-state index in [4.69, 9.17) is 9.26 Å². The number of methoxy groups -OCH3 is 2. The molecule has 1 heterocycles. The summed E-state index contributed by atoms with van der Waals surface area (Å²) in [5.41, 5.74) is 0.824. The minimum Gasteiger partial charge on any atom is -0.468 e. The first-order valence-corrected chi connectivity index (χ1v) is 5.36. The normalized spacial score (nSPS) is 10.8. The maximum absolute atomic E-state index is 11.2.